The first-order valence-corrected chi connectivity index (χ1v) is 10.9. The lowest BCUT2D eigenvalue weighted by atomic mass is 10.1. The predicted octanol–water partition coefficient (Wildman–Crippen LogP) is 3.48. The van der Waals surface area contributed by atoms with Crippen LogP contribution in [0.5, 0.6) is 0 Å². The minimum atomic E-state index is -0.114. The van der Waals surface area contributed by atoms with Crippen LogP contribution in [0.15, 0.2) is 24.3 Å². The number of imidazole rings is 1. The molecule has 0 saturated heterocycles. The Labute approximate surface area is 171 Å². The topological polar surface area (TPSA) is 67.2 Å². The molecule has 0 radical (unpaired) electrons. The molecule has 0 bridgehead atoms. The maximum Gasteiger partial charge on any atom is 0.294 e. The Morgan fingerprint density at radius 2 is 1.90 bits per heavy atom. The fourth-order valence-electron chi connectivity index (χ4n) is 5.19. The second-order valence-electron chi connectivity index (χ2n) is 8.65. The average molecular weight is 393 g/mol. The summed E-state index contributed by atoms with van der Waals surface area (Å²) < 4.78 is 2.00. The highest BCUT2D eigenvalue weighted by molar-refractivity contribution is 6.07. The van der Waals surface area contributed by atoms with Gasteiger partial charge in [-0.15, -0.1) is 0 Å². The van der Waals surface area contributed by atoms with Crippen LogP contribution in [-0.2, 0) is 19.4 Å². The number of anilines is 1. The van der Waals surface area contributed by atoms with Gasteiger partial charge in [0.2, 0.25) is 5.82 Å². The molecular weight excluding hydrogens is 364 g/mol. The van der Waals surface area contributed by atoms with E-state index in [9.17, 15) is 9.59 Å². The van der Waals surface area contributed by atoms with Crippen molar-refractivity contribution in [2.24, 2.45) is 0 Å². The lowest BCUT2D eigenvalue weighted by molar-refractivity contribution is 0.0931. The van der Waals surface area contributed by atoms with Crippen LogP contribution in [0.4, 0.5) is 5.69 Å². The van der Waals surface area contributed by atoms with Gasteiger partial charge in [0.05, 0.1) is 5.69 Å². The molecule has 0 spiro atoms. The van der Waals surface area contributed by atoms with Gasteiger partial charge >= 0.3 is 0 Å². The summed E-state index contributed by atoms with van der Waals surface area (Å²) in [7, 11) is 0. The predicted molar refractivity (Wildman–Crippen MR) is 111 cm³/mol. The standard InChI is InChI=1S/C23H28N4O2/c1-15-14-16-8-2-5-11-18(16)27(15)23(29)21-25-20(19-12-6-7-13-26(19)21)22(28)24-17-9-3-4-10-17/h2,5,8,11,15,17H,3-4,6-7,9-10,12-14H2,1H3,(H,24,28). The molecule has 2 aliphatic heterocycles. The molecule has 6 heteroatoms. The summed E-state index contributed by atoms with van der Waals surface area (Å²) in [6, 6.07) is 8.41. The van der Waals surface area contributed by atoms with Crippen LogP contribution in [0.3, 0.4) is 0 Å². The zero-order valence-electron chi connectivity index (χ0n) is 17.0. The van der Waals surface area contributed by atoms with Crippen LogP contribution in [0, 0.1) is 0 Å². The third-order valence-corrected chi connectivity index (χ3v) is 6.64. The molecule has 2 aromatic rings. The Kier molecular flexibility index (Phi) is 4.64. The molecule has 1 aromatic heterocycles. The second kappa shape index (κ2) is 7.32. The van der Waals surface area contributed by atoms with Crippen molar-refractivity contribution in [3.8, 4) is 0 Å². The van der Waals surface area contributed by atoms with E-state index in [4.69, 9.17) is 0 Å². The highest BCUT2D eigenvalue weighted by Gasteiger charge is 2.36. The van der Waals surface area contributed by atoms with Gasteiger partial charge in [-0.25, -0.2) is 4.98 Å². The van der Waals surface area contributed by atoms with Crippen LogP contribution >= 0.6 is 0 Å². The van der Waals surface area contributed by atoms with Gasteiger partial charge in [0, 0.05) is 24.3 Å². The number of fused-ring (bicyclic) bond motifs is 2. The molecule has 152 valence electrons. The first-order chi connectivity index (χ1) is 14.1. The van der Waals surface area contributed by atoms with Crippen LogP contribution in [0.2, 0.25) is 0 Å². The van der Waals surface area contributed by atoms with E-state index >= 15 is 0 Å². The minimum absolute atomic E-state index is 0.0900. The number of hydrogen-bond acceptors (Lipinski definition) is 3. The number of hydrogen-bond donors (Lipinski definition) is 1. The van der Waals surface area contributed by atoms with Gasteiger partial charge in [-0.05, 0) is 57.1 Å². The Hall–Kier alpha value is -2.63. The van der Waals surface area contributed by atoms with E-state index in [0.717, 1.165) is 56.5 Å². The first kappa shape index (κ1) is 18.4. The number of carbonyl (C=O) groups is 2. The van der Waals surface area contributed by atoms with Crippen LogP contribution in [-0.4, -0.2) is 33.4 Å². The number of carbonyl (C=O) groups excluding carboxylic acids is 2. The normalized spacial score (nSPS) is 21.1. The summed E-state index contributed by atoms with van der Waals surface area (Å²) in [5, 5.41) is 3.15. The van der Waals surface area contributed by atoms with Crippen molar-refractivity contribution in [1.29, 1.82) is 0 Å². The van der Waals surface area contributed by atoms with Crippen molar-refractivity contribution >= 4 is 17.5 Å². The largest absolute Gasteiger partial charge is 0.348 e. The smallest absolute Gasteiger partial charge is 0.294 e. The van der Waals surface area contributed by atoms with E-state index in [0.29, 0.717) is 11.5 Å². The molecule has 1 unspecified atom stereocenters. The third-order valence-electron chi connectivity index (χ3n) is 6.64. The first-order valence-electron chi connectivity index (χ1n) is 10.9. The highest BCUT2D eigenvalue weighted by Crippen LogP contribution is 2.34. The molecule has 1 N–H and O–H groups in total. The maximum atomic E-state index is 13.6. The lowest BCUT2D eigenvalue weighted by Gasteiger charge is -2.24. The molecule has 1 saturated carbocycles. The Morgan fingerprint density at radius 1 is 1.10 bits per heavy atom. The van der Waals surface area contributed by atoms with Gasteiger partial charge in [-0.1, -0.05) is 31.0 Å². The Morgan fingerprint density at radius 3 is 2.72 bits per heavy atom. The zero-order chi connectivity index (χ0) is 20.0. The second-order valence-corrected chi connectivity index (χ2v) is 8.65. The molecule has 6 nitrogen and oxygen atoms in total. The maximum absolute atomic E-state index is 13.6. The molecule has 1 aliphatic carbocycles. The van der Waals surface area contributed by atoms with Gasteiger partial charge in [0.15, 0.2) is 0 Å². The van der Waals surface area contributed by atoms with E-state index < -0.39 is 0 Å². The van der Waals surface area contributed by atoms with E-state index in [-0.39, 0.29) is 23.9 Å². The minimum Gasteiger partial charge on any atom is -0.348 e. The van der Waals surface area contributed by atoms with Gasteiger partial charge < -0.3 is 14.8 Å². The molecule has 1 fully saturated rings. The summed E-state index contributed by atoms with van der Waals surface area (Å²) in [4.78, 5) is 33.1. The average Bonchev–Trinajstić information content (AvgIpc) is 3.44. The van der Waals surface area contributed by atoms with Crippen LogP contribution in [0.1, 0.15) is 77.8 Å². The summed E-state index contributed by atoms with van der Waals surface area (Å²) in [6.45, 7) is 2.83. The fraction of sp³-hybridized carbons (Fsp3) is 0.522. The zero-order valence-corrected chi connectivity index (χ0v) is 17.0. The number of rotatable bonds is 3. The summed E-state index contributed by atoms with van der Waals surface area (Å²) in [5.41, 5.74) is 3.54. The van der Waals surface area contributed by atoms with Crippen molar-refractivity contribution in [1.82, 2.24) is 14.9 Å². The van der Waals surface area contributed by atoms with E-state index in [1.807, 2.05) is 27.7 Å². The number of amides is 2. The SMILES string of the molecule is CC1Cc2ccccc2N1C(=O)c1nc(C(=O)NC2CCCC2)c2n1CCCC2. The number of benzene rings is 1. The van der Waals surface area contributed by atoms with Crippen molar-refractivity contribution < 1.29 is 9.59 Å². The van der Waals surface area contributed by atoms with Crippen molar-refractivity contribution in [3.05, 3.63) is 47.0 Å². The summed E-state index contributed by atoms with van der Waals surface area (Å²) >= 11 is 0. The van der Waals surface area contributed by atoms with Gasteiger partial charge in [0.25, 0.3) is 11.8 Å². The summed E-state index contributed by atoms with van der Waals surface area (Å²) in [6.07, 6.45) is 8.12. The monoisotopic (exact) mass is 392 g/mol. The number of nitrogens with one attached hydrogen (secondary N) is 1. The van der Waals surface area contributed by atoms with Crippen LogP contribution in [0.25, 0.3) is 0 Å². The van der Waals surface area contributed by atoms with Crippen molar-refractivity contribution in [3.63, 3.8) is 0 Å². The molecule has 3 aliphatic rings. The Bertz CT molecular complexity index is 958. The molecule has 29 heavy (non-hydrogen) atoms. The highest BCUT2D eigenvalue weighted by atomic mass is 16.2. The molecular formula is C23H28N4O2. The quantitative estimate of drug-likeness (QED) is 0.870. The van der Waals surface area contributed by atoms with Crippen molar-refractivity contribution in [2.45, 2.75) is 76.9 Å². The lowest BCUT2D eigenvalue weighted by Crippen LogP contribution is -2.37. The van der Waals surface area contributed by atoms with Crippen molar-refractivity contribution in [2.75, 3.05) is 4.90 Å². The van der Waals surface area contributed by atoms with Gasteiger partial charge in [0.1, 0.15) is 5.69 Å². The van der Waals surface area contributed by atoms with Crippen LogP contribution < -0.4 is 10.2 Å². The van der Waals surface area contributed by atoms with E-state index in [1.165, 1.54) is 18.4 Å². The number of para-hydroxylation sites is 1. The third kappa shape index (κ3) is 3.15. The van der Waals surface area contributed by atoms with E-state index in [2.05, 4.69) is 23.3 Å². The van der Waals surface area contributed by atoms with Gasteiger partial charge in [-0.3, -0.25) is 9.59 Å². The molecule has 5 rings (SSSR count). The molecule has 3 heterocycles. The van der Waals surface area contributed by atoms with E-state index in [1.54, 1.807) is 0 Å². The summed E-state index contributed by atoms with van der Waals surface area (Å²) in [5.74, 6) is 0.210. The fourth-order valence-corrected chi connectivity index (χ4v) is 5.19. The molecule has 2 amide bonds. The van der Waals surface area contributed by atoms with Gasteiger partial charge in [-0.2, -0.15) is 0 Å². The molecule has 1 atom stereocenters. The number of nitrogens with zero attached hydrogens (tertiary/aromatic N) is 3. The number of aromatic nitrogens is 2. The molecule has 1 aromatic carbocycles. The Balaban J connectivity index is 1.49.